The summed E-state index contributed by atoms with van der Waals surface area (Å²) in [4.78, 5) is 2.48. The molecule has 3 saturated heterocycles. The van der Waals surface area contributed by atoms with Gasteiger partial charge in [-0.1, -0.05) is 6.42 Å². The summed E-state index contributed by atoms with van der Waals surface area (Å²) in [5.74, 6) is 0.291. The first kappa shape index (κ1) is 14.8. The molecule has 0 amide bonds. The van der Waals surface area contributed by atoms with Gasteiger partial charge in [-0.25, -0.2) is 12.7 Å². The number of nitrogens with one attached hydrogen (secondary N) is 1. The SMILES string of the molecule is O=S(=O)(CC1CCCCN1)N1CCC(N2CCCC2)C1. The third-order valence-electron chi connectivity index (χ3n) is 5.00. The Balaban J connectivity index is 1.55. The van der Waals surface area contributed by atoms with Crippen LogP contribution < -0.4 is 5.32 Å². The van der Waals surface area contributed by atoms with Gasteiger partial charge in [-0.2, -0.15) is 0 Å². The van der Waals surface area contributed by atoms with Gasteiger partial charge in [0.15, 0.2) is 0 Å². The van der Waals surface area contributed by atoms with Crippen LogP contribution in [0.4, 0.5) is 0 Å². The van der Waals surface area contributed by atoms with Crippen LogP contribution in [0, 0.1) is 0 Å². The summed E-state index contributed by atoms with van der Waals surface area (Å²) in [6.07, 6.45) is 6.89. The van der Waals surface area contributed by atoms with E-state index in [-0.39, 0.29) is 6.04 Å². The van der Waals surface area contributed by atoms with E-state index in [0.29, 0.717) is 11.8 Å². The average Bonchev–Trinajstić information content (AvgIpc) is 3.11. The van der Waals surface area contributed by atoms with Crippen molar-refractivity contribution in [1.82, 2.24) is 14.5 Å². The Morgan fingerprint density at radius 1 is 1.00 bits per heavy atom. The highest BCUT2D eigenvalue weighted by Crippen LogP contribution is 2.23. The van der Waals surface area contributed by atoms with E-state index in [0.717, 1.165) is 52.0 Å². The first-order chi connectivity index (χ1) is 9.65. The van der Waals surface area contributed by atoms with Crippen molar-refractivity contribution in [2.45, 2.75) is 50.6 Å². The fourth-order valence-corrected chi connectivity index (χ4v) is 5.58. The fraction of sp³-hybridized carbons (Fsp3) is 1.00. The van der Waals surface area contributed by atoms with Crippen LogP contribution in [-0.4, -0.2) is 68.2 Å². The third-order valence-corrected chi connectivity index (χ3v) is 6.94. The molecule has 3 fully saturated rings. The number of piperidine rings is 1. The van der Waals surface area contributed by atoms with E-state index in [2.05, 4.69) is 10.2 Å². The minimum absolute atomic E-state index is 0.166. The lowest BCUT2D eigenvalue weighted by molar-refractivity contribution is 0.251. The zero-order chi connectivity index (χ0) is 14.0. The molecule has 0 aromatic carbocycles. The monoisotopic (exact) mass is 301 g/mol. The molecule has 3 aliphatic rings. The summed E-state index contributed by atoms with van der Waals surface area (Å²) in [5.41, 5.74) is 0. The van der Waals surface area contributed by atoms with Gasteiger partial charge in [0.2, 0.25) is 10.0 Å². The zero-order valence-corrected chi connectivity index (χ0v) is 13.1. The highest BCUT2D eigenvalue weighted by molar-refractivity contribution is 7.89. The normalized spacial score (nSPS) is 33.8. The topological polar surface area (TPSA) is 52.7 Å². The van der Waals surface area contributed by atoms with Gasteiger partial charge in [-0.15, -0.1) is 0 Å². The van der Waals surface area contributed by atoms with Crippen LogP contribution in [-0.2, 0) is 10.0 Å². The molecule has 0 radical (unpaired) electrons. The van der Waals surface area contributed by atoms with E-state index in [1.807, 2.05) is 0 Å². The van der Waals surface area contributed by atoms with Gasteiger partial charge < -0.3 is 5.32 Å². The maximum absolute atomic E-state index is 12.5. The van der Waals surface area contributed by atoms with E-state index in [4.69, 9.17) is 0 Å². The van der Waals surface area contributed by atoms with Crippen molar-refractivity contribution in [3.8, 4) is 0 Å². The Morgan fingerprint density at radius 2 is 1.80 bits per heavy atom. The predicted octanol–water partition coefficient (Wildman–Crippen LogP) is 0.628. The summed E-state index contributed by atoms with van der Waals surface area (Å²) < 4.78 is 26.8. The molecule has 5 nitrogen and oxygen atoms in total. The molecule has 0 saturated carbocycles. The van der Waals surface area contributed by atoms with Crippen molar-refractivity contribution < 1.29 is 8.42 Å². The summed E-state index contributed by atoms with van der Waals surface area (Å²) in [6, 6.07) is 0.631. The molecule has 0 bridgehead atoms. The summed E-state index contributed by atoms with van der Waals surface area (Å²) in [6.45, 7) is 4.72. The maximum Gasteiger partial charge on any atom is 0.215 e. The number of likely N-dealkylation sites (tertiary alicyclic amines) is 1. The minimum Gasteiger partial charge on any atom is -0.313 e. The van der Waals surface area contributed by atoms with Crippen LogP contribution in [0.1, 0.15) is 38.5 Å². The maximum atomic E-state index is 12.5. The molecule has 3 aliphatic heterocycles. The summed E-state index contributed by atoms with van der Waals surface area (Å²) in [5, 5.41) is 3.35. The van der Waals surface area contributed by atoms with Crippen molar-refractivity contribution in [1.29, 1.82) is 0 Å². The molecule has 3 heterocycles. The van der Waals surface area contributed by atoms with Crippen LogP contribution in [0.3, 0.4) is 0 Å². The Hall–Kier alpha value is -0.170. The van der Waals surface area contributed by atoms with Gasteiger partial charge in [0.1, 0.15) is 0 Å². The lowest BCUT2D eigenvalue weighted by Gasteiger charge is -2.27. The highest BCUT2D eigenvalue weighted by Gasteiger charge is 2.36. The second-order valence-electron chi connectivity index (χ2n) is 6.47. The quantitative estimate of drug-likeness (QED) is 0.827. The van der Waals surface area contributed by atoms with Crippen molar-refractivity contribution >= 4 is 10.0 Å². The van der Waals surface area contributed by atoms with Crippen LogP contribution in [0.2, 0.25) is 0 Å². The van der Waals surface area contributed by atoms with Crippen molar-refractivity contribution in [2.75, 3.05) is 38.5 Å². The van der Waals surface area contributed by atoms with Gasteiger partial charge >= 0.3 is 0 Å². The molecule has 0 spiro atoms. The van der Waals surface area contributed by atoms with Crippen LogP contribution in [0.25, 0.3) is 0 Å². The van der Waals surface area contributed by atoms with Crippen molar-refractivity contribution in [2.24, 2.45) is 0 Å². The second-order valence-corrected chi connectivity index (χ2v) is 8.48. The smallest absolute Gasteiger partial charge is 0.215 e. The number of rotatable bonds is 4. The molecule has 1 N–H and O–H groups in total. The molecule has 2 atom stereocenters. The Morgan fingerprint density at radius 3 is 2.50 bits per heavy atom. The van der Waals surface area contributed by atoms with Crippen LogP contribution in [0.5, 0.6) is 0 Å². The molecule has 0 aromatic heterocycles. The Bertz CT molecular complexity index is 414. The van der Waals surface area contributed by atoms with Gasteiger partial charge in [0.25, 0.3) is 0 Å². The lowest BCUT2D eigenvalue weighted by Crippen LogP contribution is -2.44. The molecule has 6 heteroatoms. The van der Waals surface area contributed by atoms with E-state index in [1.165, 1.54) is 19.3 Å². The second kappa shape index (κ2) is 6.30. The summed E-state index contributed by atoms with van der Waals surface area (Å²) >= 11 is 0. The third kappa shape index (κ3) is 3.35. The van der Waals surface area contributed by atoms with Crippen molar-refractivity contribution in [3.05, 3.63) is 0 Å². The molecular formula is C14H27N3O2S. The molecule has 0 aliphatic carbocycles. The molecule has 20 heavy (non-hydrogen) atoms. The van der Waals surface area contributed by atoms with Gasteiger partial charge in [0, 0.05) is 25.2 Å². The number of hydrogen-bond acceptors (Lipinski definition) is 4. The van der Waals surface area contributed by atoms with E-state index < -0.39 is 10.0 Å². The zero-order valence-electron chi connectivity index (χ0n) is 12.3. The molecular weight excluding hydrogens is 274 g/mol. The summed E-state index contributed by atoms with van der Waals surface area (Å²) in [7, 11) is -3.08. The first-order valence-electron chi connectivity index (χ1n) is 8.10. The number of sulfonamides is 1. The van der Waals surface area contributed by atoms with Crippen LogP contribution >= 0.6 is 0 Å². The highest BCUT2D eigenvalue weighted by atomic mass is 32.2. The van der Waals surface area contributed by atoms with E-state index in [9.17, 15) is 8.42 Å². The van der Waals surface area contributed by atoms with Gasteiger partial charge in [0.05, 0.1) is 5.75 Å². The number of hydrogen-bond donors (Lipinski definition) is 1. The first-order valence-corrected chi connectivity index (χ1v) is 9.71. The fourth-order valence-electron chi connectivity index (χ4n) is 3.79. The molecule has 0 aromatic rings. The van der Waals surface area contributed by atoms with E-state index >= 15 is 0 Å². The molecule has 116 valence electrons. The standard InChI is InChI=1S/C14H27N3O2S/c18-20(19,12-13-5-1-2-7-15-13)17-10-6-14(11-17)16-8-3-4-9-16/h13-15H,1-12H2. The Labute approximate surface area is 122 Å². The molecule has 3 rings (SSSR count). The minimum atomic E-state index is -3.08. The van der Waals surface area contributed by atoms with Gasteiger partial charge in [-0.3, -0.25) is 4.90 Å². The predicted molar refractivity (Wildman–Crippen MR) is 80.2 cm³/mol. The average molecular weight is 301 g/mol. The Kier molecular flexibility index (Phi) is 4.65. The van der Waals surface area contributed by atoms with Gasteiger partial charge in [-0.05, 0) is 51.7 Å². The largest absolute Gasteiger partial charge is 0.313 e. The lowest BCUT2D eigenvalue weighted by atomic mass is 10.1. The van der Waals surface area contributed by atoms with Crippen LogP contribution in [0.15, 0.2) is 0 Å². The number of nitrogens with zero attached hydrogens (tertiary/aromatic N) is 2. The van der Waals surface area contributed by atoms with Crippen molar-refractivity contribution in [3.63, 3.8) is 0 Å². The molecule has 2 unspecified atom stereocenters. The van der Waals surface area contributed by atoms with E-state index in [1.54, 1.807) is 4.31 Å².